The lowest BCUT2D eigenvalue weighted by Crippen LogP contribution is -2.55. The van der Waals surface area contributed by atoms with Crippen LogP contribution in [0.25, 0.3) is 0 Å². The number of rotatable bonds is 9. The third kappa shape index (κ3) is 6.16. The van der Waals surface area contributed by atoms with E-state index >= 15 is 13.2 Å². The Kier molecular flexibility index (Phi) is 8.48. The number of halogens is 3. The van der Waals surface area contributed by atoms with Gasteiger partial charge in [0.1, 0.15) is 34.7 Å². The van der Waals surface area contributed by atoms with E-state index in [0.29, 0.717) is 82.0 Å². The van der Waals surface area contributed by atoms with Crippen LogP contribution in [-0.4, -0.2) is 0 Å². The molecule has 0 atom stereocenters. The fourth-order valence-electron chi connectivity index (χ4n) is 17.8. The van der Waals surface area contributed by atoms with Gasteiger partial charge in [-0.05, 0) is 216 Å². The molecule has 0 aromatic heterocycles. The lowest BCUT2D eigenvalue weighted by molar-refractivity contribution is -0.0255. The Bertz CT molecular complexity index is 2320. The molecule has 0 spiro atoms. The van der Waals surface area contributed by atoms with E-state index in [1.165, 1.54) is 98.7 Å². The zero-order valence-corrected chi connectivity index (χ0v) is 36.2. The van der Waals surface area contributed by atoms with Crippen LogP contribution in [0.1, 0.15) is 132 Å². The minimum absolute atomic E-state index is 0.0191. The summed E-state index contributed by atoms with van der Waals surface area (Å²) in [5.74, 6) is 6.25. The zero-order chi connectivity index (χ0) is 42.6. The lowest BCUT2D eigenvalue weighted by atomic mass is 9.41. The molecule has 12 fully saturated rings. The fourth-order valence-corrected chi connectivity index (χ4v) is 17.8. The van der Waals surface area contributed by atoms with Gasteiger partial charge in [-0.15, -0.1) is 0 Å². The summed E-state index contributed by atoms with van der Waals surface area (Å²) in [6, 6.07) is 13.9. The van der Waals surface area contributed by atoms with Gasteiger partial charge in [-0.25, -0.2) is 13.2 Å². The van der Waals surface area contributed by atoms with E-state index in [4.69, 9.17) is 31.4 Å². The van der Waals surface area contributed by atoms with Gasteiger partial charge in [0.15, 0.2) is 11.5 Å². The molecule has 6 nitrogen and oxygen atoms in total. The summed E-state index contributed by atoms with van der Waals surface area (Å²) in [6.07, 6.45) is 21.3. The van der Waals surface area contributed by atoms with Crippen LogP contribution in [0.3, 0.4) is 0 Å². The van der Waals surface area contributed by atoms with Crippen LogP contribution in [0, 0.1) is 70.7 Å². The molecule has 4 aromatic rings. The molecule has 12 bridgehead atoms. The van der Waals surface area contributed by atoms with E-state index in [0.717, 1.165) is 57.8 Å². The SMILES string of the molecule is Nc1ccc(Oc2c(Oc3ccc(N)c(F)c3)c(C34CC5CC(CC(C5)C3)C4)c(C34CC5CC(CC(C5)C3)C4)c(C34CC5CC(CC(C5)C3)C4)c2Oc2ccc(N)c(F)c2)cc1F. The highest BCUT2D eigenvalue weighted by molar-refractivity contribution is 5.73. The number of nitrogens with two attached hydrogens (primary N) is 3. The normalized spacial score (nSPS) is 37.5. The van der Waals surface area contributed by atoms with Crippen molar-refractivity contribution in [2.24, 2.45) is 53.3 Å². The molecule has 16 rings (SSSR count). The maximum atomic E-state index is 15.7. The van der Waals surface area contributed by atoms with E-state index in [1.807, 2.05) is 0 Å². The van der Waals surface area contributed by atoms with Gasteiger partial charge in [0.2, 0.25) is 5.75 Å². The minimum Gasteiger partial charge on any atom is -0.453 e. The molecule has 0 radical (unpaired) electrons. The van der Waals surface area contributed by atoms with Gasteiger partial charge in [-0.2, -0.15) is 0 Å². The monoisotopic (exact) mass is 855 g/mol. The number of benzene rings is 4. The van der Waals surface area contributed by atoms with E-state index in [9.17, 15) is 0 Å². The summed E-state index contributed by atoms with van der Waals surface area (Å²) in [5.41, 5.74) is 21.8. The van der Waals surface area contributed by atoms with E-state index in [2.05, 4.69) is 0 Å². The second-order valence-electron chi connectivity index (χ2n) is 23.1. The summed E-state index contributed by atoms with van der Waals surface area (Å²) >= 11 is 0. The Morgan fingerprint density at radius 2 is 0.587 bits per heavy atom. The zero-order valence-electron chi connectivity index (χ0n) is 36.2. The van der Waals surface area contributed by atoms with Crippen LogP contribution in [0.4, 0.5) is 30.2 Å². The fraction of sp³-hybridized carbons (Fsp3) is 0.556. The van der Waals surface area contributed by atoms with Crippen LogP contribution < -0.4 is 31.4 Å². The van der Waals surface area contributed by atoms with Crippen molar-refractivity contribution in [1.29, 1.82) is 0 Å². The van der Waals surface area contributed by atoms with Gasteiger partial charge in [0.25, 0.3) is 0 Å². The Balaban J connectivity index is 1.18. The summed E-state index contributed by atoms with van der Waals surface area (Å²) < 4.78 is 69.0. The molecule has 6 N–H and O–H groups in total. The minimum atomic E-state index is -0.591. The predicted octanol–water partition coefficient (Wildman–Crippen LogP) is 13.6. The number of hydrogen-bond donors (Lipinski definition) is 3. The van der Waals surface area contributed by atoms with Gasteiger partial charge in [0, 0.05) is 40.2 Å². The molecular formula is C54H60F3N3O3. The molecule has 63 heavy (non-hydrogen) atoms. The quantitative estimate of drug-likeness (QED) is 0.145. The molecule has 0 aliphatic heterocycles. The number of nitrogen functional groups attached to an aromatic ring is 3. The van der Waals surface area contributed by atoms with Crippen molar-refractivity contribution >= 4 is 17.1 Å². The molecule has 330 valence electrons. The van der Waals surface area contributed by atoms with Crippen molar-refractivity contribution in [2.45, 2.75) is 132 Å². The highest BCUT2D eigenvalue weighted by Gasteiger charge is 2.62. The molecule has 4 aromatic carbocycles. The van der Waals surface area contributed by atoms with E-state index in [1.54, 1.807) is 30.3 Å². The average Bonchev–Trinajstić information content (AvgIpc) is 3.21. The molecule has 9 heteroatoms. The van der Waals surface area contributed by atoms with E-state index < -0.39 is 17.5 Å². The van der Waals surface area contributed by atoms with Crippen molar-refractivity contribution in [2.75, 3.05) is 17.2 Å². The molecule has 0 unspecified atom stereocenters. The highest BCUT2D eigenvalue weighted by Crippen LogP contribution is 2.73. The largest absolute Gasteiger partial charge is 0.453 e. The Hall–Kier alpha value is -4.53. The molecule has 0 saturated heterocycles. The summed E-state index contributed by atoms with van der Waals surface area (Å²) in [4.78, 5) is 0. The molecule has 12 saturated carbocycles. The van der Waals surface area contributed by atoms with Crippen LogP contribution in [0.15, 0.2) is 54.6 Å². The second kappa shape index (κ2) is 13.7. The standard InChI is InChI=1S/C54H60F3N3O3/c55-40-16-37(1-4-43(40)58)61-49-47(53-22-31-10-32(23-53)12-33(11-31)24-53)46(52-19-28-7-29(20-52)9-30(8-28)21-52)48(54-25-34-13-35(26-54)15-36(14-34)27-54)50(62-38-2-5-44(59)41(56)17-38)51(49)63-39-3-6-45(60)42(57)18-39/h1-6,16-18,28-36H,7-15,19-27,58-60H2. The van der Waals surface area contributed by atoms with E-state index in [-0.39, 0.29) is 39.1 Å². The predicted molar refractivity (Wildman–Crippen MR) is 239 cm³/mol. The van der Waals surface area contributed by atoms with Crippen LogP contribution in [0.5, 0.6) is 34.5 Å². The van der Waals surface area contributed by atoms with Gasteiger partial charge >= 0.3 is 0 Å². The smallest absolute Gasteiger partial charge is 0.212 e. The number of ether oxygens (including phenoxy) is 3. The summed E-state index contributed by atoms with van der Waals surface area (Å²) in [5, 5.41) is 0. The van der Waals surface area contributed by atoms with Gasteiger partial charge in [-0.1, -0.05) is 0 Å². The van der Waals surface area contributed by atoms with Crippen molar-refractivity contribution < 1.29 is 27.4 Å². The van der Waals surface area contributed by atoms with Crippen LogP contribution in [-0.2, 0) is 16.2 Å². The van der Waals surface area contributed by atoms with Gasteiger partial charge in [-0.3, -0.25) is 0 Å². The first-order valence-electron chi connectivity index (χ1n) is 24.3. The third-order valence-corrected chi connectivity index (χ3v) is 18.6. The van der Waals surface area contributed by atoms with Crippen molar-refractivity contribution in [3.05, 3.63) is 88.7 Å². The molecule has 12 aliphatic carbocycles. The van der Waals surface area contributed by atoms with Crippen molar-refractivity contribution in [3.8, 4) is 34.5 Å². The maximum absolute atomic E-state index is 15.7. The van der Waals surface area contributed by atoms with Crippen molar-refractivity contribution in [1.82, 2.24) is 0 Å². The maximum Gasteiger partial charge on any atom is 0.212 e. The molecule has 0 heterocycles. The van der Waals surface area contributed by atoms with Crippen LogP contribution in [0.2, 0.25) is 0 Å². The first-order valence-corrected chi connectivity index (χ1v) is 24.3. The van der Waals surface area contributed by atoms with Crippen molar-refractivity contribution in [3.63, 3.8) is 0 Å². The topological polar surface area (TPSA) is 106 Å². The molecular weight excluding hydrogens is 796 g/mol. The Morgan fingerprint density at radius 3 is 0.841 bits per heavy atom. The first-order chi connectivity index (χ1) is 30.4. The van der Waals surface area contributed by atoms with Gasteiger partial charge in [0.05, 0.1) is 17.1 Å². The van der Waals surface area contributed by atoms with Crippen LogP contribution >= 0.6 is 0 Å². The summed E-state index contributed by atoms with van der Waals surface area (Å²) in [6.45, 7) is 0. The first kappa shape index (κ1) is 38.9. The molecule has 12 aliphatic rings. The lowest BCUT2D eigenvalue weighted by Gasteiger charge is -2.63. The number of anilines is 3. The third-order valence-electron chi connectivity index (χ3n) is 18.6. The molecule has 0 amide bonds. The number of hydrogen-bond acceptors (Lipinski definition) is 6. The second-order valence-corrected chi connectivity index (χ2v) is 23.1. The summed E-state index contributed by atoms with van der Waals surface area (Å²) in [7, 11) is 0. The Labute approximate surface area is 368 Å². The van der Waals surface area contributed by atoms with Gasteiger partial charge < -0.3 is 31.4 Å². The Morgan fingerprint density at radius 1 is 0.349 bits per heavy atom. The average molecular weight is 856 g/mol. The highest BCUT2D eigenvalue weighted by atomic mass is 19.1.